The molecule has 0 bridgehead atoms. The van der Waals surface area contributed by atoms with Gasteiger partial charge in [-0.3, -0.25) is 9.10 Å². The van der Waals surface area contributed by atoms with Crippen LogP contribution in [0.4, 0.5) is 5.69 Å². The van der Waals surface area contributed by atoms with Gasteiger partial charge in [0, 0.05) is 13.1 Å². The Hall–Kier alpha value is -1.56. The molecule has 0 aliphatic carbocycles. The van der Waals surface area contributed by atoms with Crippen LogP contribution in [0.15, 0.2) is 18.2 Å². The fourth-order valence-electron chi connectivity index (χ4n) is 3.32. The van der Waals surface area contributed by atoms with E-state index in [2.05, 4.69) is 6.92 Å². The Balaban J connectivity index is 2.33. The number of anilines is 1. The minimum atomic E-state index is -3.56. The number of benzene rings is 1. The summed E-state index contributed by atoms with van der Waals surface area (Å²) < 4.78 is 26.0. The zero-order valence-corrected chi connectivity index (χ0v) is 16.1. The van der Waals surface area contributed by atoms with Crippen LogP contribution in [0.2, 0.25) is 0 Å². The molecule has 5 nitrogen and oxygen atoms in total. The van der Waals surface area contributed by atoms with Gasteiger partial charge < -0.3 is 4.90 Å². The number of aryl methyl sites for hydroxylation is 2. The summed E-state index contributed by atoms with van der Waals surface area (Å²) in [5.74, 6) is 0.341. The second-order valence-electron chi connectivity index (χ2n) is 7.04. The quantitative estimate of drug-likeness (QED) is 0.837. The number of nitrogens with zero attached hydrogens (tertiary/aromatic N) is 2. The van der Waals surface area contributed by atoms with Crippen LogP contribution in [0.1, 0.15) is 37.8 Å². The van der Waals surface area contributed by atoms with Gasteiger partial charge in [-0.1, -0.05) is 13.0 Å². The maximum absolute atomic E-state index is 12.9. The van der Waals surface area contributed by atoms with Gasteiger partial charge >= 0.3 is 0 Å². The summed E-state index contributed by atoms with van der Waals surface area (Å²) in [6.45, 7) is 9.14. The van der Waals surface area contributed by atoms with Gasteiger partial charge in [0.05, 0.1) is 11.9 Å². The first-order chi connectivity index (χ1) is 11.1. The number of carbonyl (C=O) groups excluding carboxylic acids is 1. The van der Waals surface area contributed by atoms with E-state index in [1.807, 2.05) is 26.0 Å². The highest BCUT2D eigenvalue weighted by atomic mass is 32.2. The number of hydrogen-bond donors (Lipinski definition) is 0. The molecule has 6 heteroatoms. The molecule has 2 rings (SSSR count). The van der Waals surface area contributed by atoms with Gasteiger partial charge in [-0.25, -0.2) is 8.42 Å². The lowest BCUT2D eigenvalue weighted by atomic mass is 9.99. The predicted octanol–water partition coefficient (Wildman–Crippen LogP) is 2.72. The maximum Gasteiger partial charge on any atom is 0.246 e. The van der Waals surface area contributed by atoms with Crippen molar-refractivity contribution in [1.29, 1.82) is 0 Å². The molecule has 1 aromatic rings. The fraction of sp³-hybridized carbons (Fsp3) is 0.611. The van der Waals surface area contributed by atoms with E-state index in [-0.39, 0.29) is 5.91 Å². The number of sulfonamides is 1. The first kappa shape index (κ1) is 18.8. The maximum atomic E-state index is 12.9. The van der Waals surface area contributed by atoms with E-state index in [1.165, 1.54) is 4.31 Å². The number of rotatable bonds is 4. The van der Waals surface area contributed by atoms with E-state index in [0.717, 1.165) is 30.2 Å². The van der Waals surface area contributed by atoms with E-state index in [0.29, 0.717) is 24.7 Å². The average Bonchev–Trinajstić information content (AvgIpc) is 2.48. The molecule has 1 saturated heterocycles. The molecular formula is C18H28N2O3S. The van der Waals surface area contributed by atoms with Crippen LogP contribution in [0.25, 0.3) is 0 Å². The van der Waals surface area contributed by atoms with Gasteiger partial charge in [-0.15, -0.1) is 0 Å². The van der Waals surface area contributed by atoms with Crippen LogP contribution < -0.4 is 4.31 Å². The highest BCUT2D eigenvalue weighted by Gasteiger charge is 2.33. The number of carbonyl (C=O) groups is 1. The molecule has 0 unspecified atom stereocenters. The number of piperidine rings is 1. The van der Waals surface area contributed by atoms with Crippen molar-refractivity contribution >= 4 is 21.6 Å². The zero-order valence-electron chi connectivity index (χ0n) is 15.2. The van der Waals surface area contributed by atoms with Crippen molar-refractivity contribution in [3.05, 3.63) is 29.3 Å². The van der Waals surface area contributed by atoms with E-state index in [9.17, 15) is 13.2 Å². The Morgan fingerprint density at radius 1 is 1.29 bits per heavy atom. The highest BCUT2D eigenvalue weighted by Crippen LogP contribution is 2.25. The molecule has 1 aromatic carbocycles. The van der Waals surface area contributed by atoms with Crippen LogP contribution in [0.3, 0.4) is 0 Å². The highest BCUT2D eigenvalue weighted by molar-refractivity contribution is 7.92. The third-order valence-corrected chi connectivity index (χ3v) is 6.02. The van der Waals surface area contributed by atoms with Crippen LogP contribution >= 0.6 is 0 Å². The molecular weight excluding hydrogens is 324 g/mol. The van der Waals surface area contributed by atoms with Gasteiger partial charge in [0.1, 0.15) is 6.04 Å². The summed E-state index contributed by atoms with van der Waals surface area (Å²) in [7, 11) is -3.56. The molecule has 134 valence electrons. The Labute approximate surface area is 145 Å². The minimum Gasteiger partial charge on any atom is -0.341 e. The normalized spacial score (nSPS) is 19.9. The number of likely N-dealkylation sites (tertiary alicyclic amines) is 1. The smallest absolute Gasteiger partial charge is 0.246 e. The van der Waals surface area contributed by atoms with Crippen molar-refractivity contribution in [2.45, 2.75) is 46.6 Å². The Bertz CT molecular complexity index is 715. The molecule has 1 heterocycles. The summed E-state index contributed by atoms with van der Waals surface area (Å²) in [6, 6.07) is 4.75. The Morgan fingerprint density at radius 3 is 2.50 bits per heavy atom. The van der Waals surface area contributed by atoms with Crippen LogP contribution in [0, 0.1) is 19.8 Å². The molecule has 0 aromatic heterocycles. The molecule has 1 aliphatic rings. The fourth-order valence-corrected chi connectivity index (χ4v) is 4.48. The minimum absolute atomic E-state index is 0.120. The third kappa shape index (κ3) is 4.09. The van der Waals surface area contributed by atoms with E-state index in [1.54, 1.807) is 17.9 Å². The lowest BCUT2D eigenvalue weighted by Gasteiger charge is -2.36. The first-order valence-corrected chi connectivity index (χ1v) is 10.3. The lowest BCUT2D eigenvalue weighted by molar-refractivity contribution is -0.133. The van der Waals surface area contributed by atoms with Crippen molar-refractivity contribution in [1.82, 2.24) is 4.90 Å². The molecule has 0 N–H and O–H groups in total. The summed E-state index contributed by atoms with van der Waals surface area (Å²) >= 11 is 0. The standard InChI is InChI=1S/C18H28N2O3S/c1-13-7-6-10-19(12-13)18(21)16(4)20(24(5,22)23)17-9-8-14(2)15(3)11-17/h8-9,11,13,16H,6-7,10,12H2,1-5H3/t13-,16+/m0/s1. The van der Waals surface area contributed by atoms with Gasteiger partial charge in [0.2, 0.25) is 15.9 Å². The summed E-state index contributed by atoms with van der Waals surface area (Å²) in [5, 5.41) is 0. The van der Waals surface area contributed by atoms with E-state index < -0.39 is 16.1 Å². The predicted molar refractivity (Wildman–Crippen MR) is 97.7 cm³/mol. The lowest BCUT2D eigenvalue weighted by Crippen LogP contribution is -2.51. The summed E-state index contributed by atoms with van der Waals surface area (Å²) in [5.41, 5.74) is 2.65. The van der Waals surface area contributed by atoms with Crippen LogP contribution in [-0.4, -0.2) is 44.6 Å². The summed E-state index contributed by atoms with van der Waals surface area (Å²) in [4.78, 5) is 14.7. The number of hydrogen-bond acceptors (Lipinski definition) is 3. The van der Waals surface area contributed by atoms with Crippen LogP contribution in [0.5, 0.6) is 0 Å². The largest absolute Gasteiger partial charge is 0.341 e. The van der Waals surface area contributed by atoms with E-state index in [4.69, 9.17) is 0 Å². The monoisotopic (exact) mass is 352 g/mol. The Morgan fingerprint density at radius 2 is 1.96 bits per heavy atom. The molecule has 0 radical (unpaired) electrons. The summed E-state index contributed by atoms with van der Waals surface area (Å²) in [6.07, 6.45) is 3.25. The third-order valence-electron chi connectivity index (χ3n) is 4.78. The molecule has 2 atom stereocenters. The van der Waals surface area contributed by atoms with Gasteiger partial charge in [0.15, 0.2) is 0 Å². The van der Waals surface area contributed by atoms with E-state index >= 15 is 0 Å². The molecule has 0 spiro atoms. The van der Waals surface area contributed by atoms with Crippen molar-refractivity contribution in [2.24, 2.45) is 5.92 Å². The second-order valence-corrected chi connectivity index (χ2v) is 8.89. The SMILES string of the molecule is Cc1ccc(N([C@H](C)C(=O)N2CCC[C@H](C)C2)S(C)(=O)=O)cc1C. The van der Waals surface area contributed by atoms with Gasteiger partial charge in [0.25, 0.3) is 0 Å². The van der Waals surface area contributed by atoms with Crippen LogP contribution in [-0.2, 0) is 14.8 Å². The van der Waals surface area contributed by atoms with Gasteiger partial charge in [-0.05, 0) is 62.8 Å². The molecule has 0 saturated carbocycles. The molecule has 1 fully saturated rings. The molecule has 1 aliphatic heterocycles. The van der Waals surface area contributed by atoms with Gasteiger partial charge in [-0.2, -0.15) is 0 Å². The second kappa shape index (κ2) is 7.13. The topological polar surface area (TPSA) is 57.7 Å². The first-order valence-electron chi connectivity index (χ1n) is 8.46. The molecule has 1 amide bonds. The van der Waals surface area contributed by atoms with Crippen molar-refractivity contribution in [3.63, 3.8) is 0 Å². The Kier molecular flexibility index (Phi) is 5.58. The number of amides is 1. The van der Waals surface area contributed by atoms with Crippen molar-refractivity contribution in [2.75, 3.05) is 23.7 Å². The zero-order chi connectivity index (χ0) is 18.1. The van der Waals surface area contributed by atoms with Crippen molar-refractivity contribution < 1.29 is 13.2 Å². The molecule has 24 heavy (non-hydrogen) atoms. The average molecular weight is 353 g/mol. The van der Waals surface area contributed by atoms with Crippen molar-refractivity contribution in [3.8, 4) is 0 Å².